The molecule has 2 aromatic rings. The zero-order valence-electron chi connectivity index (χ0n) is 27.4. The fraction of sp³-hybridized carbons (Fsp3) is 0.500. The van der Waals surface area contributed by atoms with E-state index in [1.807, 2.05) is 39.8 Å². The molecule has 46 heavy (non-hydrogen) atoms. The molecule has 0 saturated heterocycles. The molecule has 0 aliphatic carbocycles. The van der Waals surface area contributed by atoms with Gasteiger partial charge in [0.05, 0.1) is 23.7 Å². The number of nitrogens with zero attached hydrogens (tertiary/aromatic N) is 1. The predicted molar refractivity (Wildman–Crippen MR) is 173 cm³/mol. The molecule has 2 heterocycles. The highest BCUT2D eigenvalue weighted by atomic mass is 35.5. The molecular weight excluding hydrogens is 614 g/mol. The number of methoxy groups -OCH3 is 1. The summed E-state index contributed by atoms with van der Waals surface area (Å²) in [5.41, 5.74) is 2.24. The normalized spacial score (nSPS) is 23.4. The molecule has 0 saturated carbocycles. The number of cyclic esters (lactones) is 2. The summed E-state index contributed by atoms with van der Waals surface area (Å²) in [6.45, 7) is 10.9. The summed E-state index contributed by atoms with van der Waals surface area (Å²) in [7, 11) is 1.50. The second kappa shape index (κ2) is 17.0. The van der Waals surface area contributed by atoms with Crippen molar-refractivity contribution < 1.29 is 37.9 Å². The van der Waals surface area contributed by atoms with Gasteiger partial charge in [0.15, 0.2) is 6.10 Å². The van der Waals surface area contributed by atoms with Crippen LogP contribution in [-0.2, 0) is 35.1 Å². The molecular formula is C34H44ClN3O8. The average Bonchev–Trinajstić information content (AvgIpc) is 3.32. The van der Waals surface area contributed by atoms with Crippen LogP contribution in [-0.4, -0.2) is 60.8 Å². The van der Waals surface area contributed by atoms with Crippen LogP contribution in [0.5, 0.6) is 5.75 Å². The van der Waals surface area contributed by atoms with Crippen LogP contribution in [0.2, 0.25) is 5.02 Å². The maximum absolute atomic E-state index is 13.4. The van der Waals surface area contributed by atoms with Crippen molar-refractivity contribution in [3.05, 3.63) is 64.0 Å². The molecule has 12 heteroatoms. The third-order valence-corrected chi connectivity index (χ3v) is 7.92. The Morgan fingerprint density at radius 2 is 1.85 bits per heavy atom. The minimum absolute atomic E-state index is 0.0251. The van der Waals surface area contributed by atoms with E-state index in [9.17, 15) is 19.2 Å². The lowest BCUT2D eigenvalue weighted by atomic mass is 9.99. The first-order valence-corrected chi connectivity index (χ1v) is 15.8. The van der Waals surface area contributed by atoms with E-state index in [4.69, 9.17) is 30.3 Å². The van der Waals surface area contributed by atoms with Crippen molar-refractivity contribution in [1.82, 2.24) is 15.8 Å². The molecule has 2 amide bonds. The fourth-order valence-electron chi connectivity index (χ4n) is 4.84. The van der Waals surface area contributed by atoms with Crippen LogP contribution in [0, 0.1) is 31.6 Å². The van der Waals surface area contributed by atoms with Crippen LogP contribution >= 0.6 is 11.6 Å². The van der Waals surface area contributed by atoms with Gasteiger partial charge in [-0.3, -0.25) is 14.4 Å². The molecule has 1 aliphatic rings. The van der Waals surface area contributed by atoms with Crippen LogP contribution in [0.25, 0.3) is 6.08 Å². The van der Waals surface area contributed by atoms with Crippen LogP contribution in [0.3, 0.4) is 0 Å². The first-order chi connectivity index (χ1) is 21.8. The van der Waals surface area contributed by atoms with Crippen molar-refractivity contribution in [3.63, 3.8) is 0 Å². The van der Waals surface area contributed by atoms with Crippen molar-refractivity contribution >= 4 is 41.4 Å². The SMILES string of the molecule is COc1ccc(C[C@H]2NC(=O)/C=C\C[C@@H]([C@H](C)/C=C/c3c(C)noc3C)OC(=O)[C@H](CC(C)C)OC(=O)[C@H](C)CNC2=O)cc1Cl. The maximum atomic E-state index is 13.4. The topological polar surface area (TPSA) is 146 Å². The zero-order valence-corrected chi connectivity index (χ0v) is 28.2. The minimum atomic E-state index is -1.14. The number of ether oxygens (including phenoxy) is 3. The monoisotopic (exact) mass is 657 g/mol. The third kappa shape index (κ3) is 10.5. The largest absolute Gasteiger partial charge is 0.495 e. The fourth-order valence-corrected chi connectivity index (χ4v) is 5.12. The lowest BCUT2D eigenvalue weighted by Crippen LogP contribution is -2.49. The molecule has 250 valence electrons. The highest BCUT2D eigenvalue weighted by Gasteiger charge is 2.32. The Hall–Kier alpha value is -4.12. The van der Waals surface area contributed by atoms with Gasteiger partial charge in [0.25, 0.3) is 0 Å². The van der Waals surface area contributed by atoms with Gasteiger partial charge in [0, 0.05) is 30.9 Å². The highest BCUT2D eigenvalue weighted by molar-refractivity contribution is 6.32. The molecule has 0 fully saturated rings. The molecule has 0 spiro atoms. The molecule has 0 bridgehead atoms. The van der Waals surface area contributed by atoms with E-state index in [1.54, 1.807) is 38.1 Å². The van der Waals surface area contributed by atoms with Crippen LogP contribution in [0.15, 0.2) is 41.0 Å². The van der Waals surface area contributed by atoms with Crippen molar-refractivity contribution in [2.75, 3.05) is 13.7 Å². The Morgan fingerprint density at radius 1 is 1.11 bits per heavy atom. The predicted octanol–water partition coefficient (Wildman–Crippen LogP) is 4.91. The molecule has 0 unspecified atom stereocenters. The summed E-state index contributed by atoms with van der Waals surface area (Å²) >= 11 is 6.29. The first kappa shape index (κ1) is 36.3. The van der Waals surface area contributed by atoms with E-state index in [1.165, 1.54) is 13.2 Å². The third-order valence-electron chi connectivity index (χ3n) is 7.63. The van der Waals surface area contributed by atoms with E-state index < -0.39 is 47.9 Å². The summed E-state index contributed by atoms with van der Waals surface area (Å²) in [4.78, 5) is 52.8. The highest BCUT2D eigenvalue weighted by Crippen LogP contribution is 2.26. The number of carbonyl (C=O) groups excluding carboxylic acids is 4. The summed E-state index contributed by atoms with van der Waals surface area (Å²) in [5, 5.41) is 9.80. The lowest BCUT2D eigenvalue weighted by Gasteiger charge is -2.26. The van der Waals surface area contributed by atoms with Crippen molar-refractivity contribution in [1.29, 1.82) is 0 Å². The number of amides is 2. The first-order valence-electron chi connectivity index (χ1n) is 15.4. The van der Waals surface area contributed by atoms with Crippen molar-refractivity contribution in [2.24, 2.45) is 17.8 Å². The van der Waals surface area contributed by atoms with Gasteiger partial charge in [-0.25, -0.2) is 4.79 Å². The Labute approximate surface area is 275 Å². The number of hydrogen-bond acceptors (Lipinski definition) is 9. The number of aromatic nitrogens is 1. The number of carbonyl (C=O) groups is 4. The minimum Gasteiger partial charge on any atom is -0.495 e. The van der Waals surface area contributed by atoms with Gasteiger partial charge in [0.1, 0.15) is 23.7 Å². The van der Waals surface area contributed by atoms with E-state index >= 15 is 0 Å². The molecule has 1 aromatic heterocycles. The van der Waals surface area contributed by atoms with Crippen molar-refractivity contribution in [3.8, 4) is 5.75 Å². The standard InChI is InChI=1S/C34H44ClN3O8/c1-19(2)15-30-34(42)44-28(20(3)11-13-25-22(5)38-46-23(25)6)9-8-10-31(39)37-27(32(40)36-18-21(4)33(41)45-30)17-24-12-14-29(43-7)26(35)16-24/h8,10-14,16,19-21,27-28,30H,9,15,17-18H2,1-7H3,(H,36,40)(H,37,39)/b10-8-,13-11+/t20-,21-,27-,28+,30+/m1/s1. The number of rotatable bonds is 8. The Bertz CT molecular complexity index is 1430. The number of nitrogens with one attached hydrogen (secondary N) is 2. The van der Waals surface area contributed by atoms with Gasteiger partial charge >= 0.3 is 11.9 Å². The molecule has 2 N–H and O–H groups in total. The molecule has 0 radical (unpaired) electrons. The Balaban J connectivity index is 1.91. The van der Waals surface area contributed by atoms with E-state index in [0.29, 0.717) is 22.1 Å². The van der Waals surface area contributed by atoms with Crippen LogP contribution in [0.1, 0.15) is 63.1 Å². The van der Waals surface area contributed by atoms with Crippen LogP contribution in [0.4, 0.5) is 0 Å². The number of benzene rings is 1. The molecule has 3 rings (SSSR count). The number of hydrogen-bond donors (Lipinski definition) is 2. The second-order valence-electron chi connectivity index (χ2n) is 12.0. The Morgan fingerprint density at radius 3 is 2.48 bits per heavy atom. The lowest BCUT2D eigenvalue weighted by molar-refractivity contribution is -0.175. The van der Waals surface area contributed by atoms with Crippen LogP contribution < -0.4 is 15.4 Å². The molecule has 5 atom stereocenters. The molecule has 11 nitrogen and oxygen atoms in total. The number of esters is 2. The quantitative estimate of drug-likeness (QED) is 0.378. The van der Waals surface area contributed by atoms with E-state index in [-0.39, 0.29) is 37.6 Å². The average molecular weight is 658 g/mol. The van der Waals surface area contributed by atoms with Gasteiger partial charge in [0.2, 0.25) is 11.8 Å². The second-order valence-corrected chi connectivity index (χ2v) is 12.4. The zero-order chi connectivity index (χ0) is 34.0. The maximum Gasteiger partial charge on any atom is 0.347 e. The van der Waals surface area contributed by atoms with Crippen molar-refractivity contribution in [2.45, 2.75) is 79.1 Å². The number of aryl methyl sites for hydroxylation is 2. The van der Waals surface area contributed by atoms with Gasteiger partial charge in [-0.2, -0.15) is 0 Å². The van der Waals surface area contributed by atoms with E-state index in [0.717, 1.165) is 11.3 Å². The van der Waals surface area contributed by atoms with Gasteiger partial charge in [-0.1, -0.05) is 68.7 Å². The van der Waals surface area contributed by atoms with Gasteiger partial charge in [-0.15, -0.1) is 0 Å². The summed E-state index contributed by atoms with van der Waals surface area (Å²) in [6, 6.07) is 4.13. The Kier molecular flexibility index (Phi) is 13.4. The summed E-state index contributed by atoms with van der Waals surface area (Å²) < 4.78 is 22.1. The molecule has 1 aromatic carbocycles. The van der Waals surface area contributed by atoms with Gasteiger partial charge in [-0.05, 0) is 50.0 Å². The van der Waals surface area contributed by atoms with E-state index in [2.05, 4.69) is 15.8 Å². The smallest absolute Gasteiger partial charge is 0.347 e. The van der Waals surface area contributed by atoms with Gasteiger partial charge < -0.3 is 29.4 Å². The summed E-state index contributed by atoms with van der Waals surface area (Å²) in [6.07, 6.45) is 5.36. The summed E-state index contributed by atoms with van der Waals surface area (Å²) in [5.74, 6) is -2.26. The molecule has 1 aliphatic heterocycles. The number of halogens is 1.